The summed E-state index contributed by atoms with van der Waals surface area (Å²) in [6.07, 6.45) is 2.00. The number of carboxylic acid groups (broad SMARTS) is 1. The second-order valence-electron chi connectivity index (χ2n) is 5.14. The Morgan fingerprint density at radius 1 is 1.37 bits per heavy atom. The first-order valence-corrected chi connectivity index (χ1v) is 6.41. The highest BCUT2D eigenvalue weighted by molar-refractivity contribution is 5.89. The molecule has 102 valence electrons. The van der Waals surface area contributed by atoms with Gasteiger partial charge in [0.15, 0.2) is 0 Å². The smallest absolute Gasteiger partial charge is 0.319 e. The zero-order valence-corrected chi connectivity index (χ0v) is 10.8. The lowest BCUT2D eigenvalue weighted by Gasteiger charge is -2.33. The van der Waals surface area contributed by atoms with Gasteiger partial charge in [-0.2, -0.15) is 0 Å². The molecule has 0 spiro atoms. The van der Waals surface area contributed by atoms with E-state index < -0.39 is 5.97 Å². The molecule has 5 nitrogen and oxygen atoms in total. The van der Waals surface area contributed by atoms with Crippen LogP contribution in [-0.4, -0.2) is 23.1 Å². The van der Waals surface area contributed by atoms with Crippen LogP contribution in [0.2, 0.25) is 0 Å². The Morgan fingerprint density at radius 3 is 2.74 bits per heavy atom. The summed E-state index contributed by atoms with van der Waals surface area (Å²) in [5.41, 5.74) is 1.28. The van der Waals surface area contributed by atoms with Crippen LogP contribution in [0.25, 0.3) is 0 Å². The van der Waals surface area contributed by atoms with Gasteiger partial charge in [0.1, 0.15) is 0 Å². The van der Waals surface area contributed by atoms with Crippen molar-refractivity contribution in [2.24, 2.45) is 5.92 Å². The van der Waals surface area contributed by atoms with Crippen LogP contribution < -0.4 is 10.6 Å². The molecule has 0 aromatic heterocycles. The number of benzene rings is 1. The van der Waals surface area contributed by atoms with E-state index >= 15 is 0 Å². The maximum atomic E-state index is 11.7. The predicted octanol–water partition coefficient (Wildman–Crippen LogP) is 2.23. The van der Waals surface area contributed by atoms with Gasteiger partial charge >= 0.3 is 12.0 Å². The standard InChI is InChI=1S/C14H18N2O3/c1-9-5-12(6-9)16-14(19)15-11-4-2-3-10(7-11)8-13(17)18/h2-4,7,9,12H,5-6,8H2,1H3,(H,17,18)(H2,15,16,19). The summed E-state index contributed by atoms with van der Waals surface area (Å²) in [6.45, 7) is 2.16. The molecule has 1 aromatic carbocycles. The van der Waals surface area contributed by atoms with Gasteiger partial charge in [0.05, 0.1) is 6.42 Å². The largest absolute Gasteiger partial charge is 0.481 e. The van der Waals surface area contributed by atoms with E-state index in [1.54, 1.807) is 24.3 Å². The summed E-state index contributed by atoms with van der Waals surface area (Å²) in [5, 5.41) is 14.3. The maximum absolute atomic E-state index is 11.7. The third kappa shape index (κ3) is 3.98. The number of carbonyl (C=O) groups excluding carboxylic acids is 1. The van der Waals surface area contributed by atoms with Gasteiger partial charge in [-0.05, 0) is 36.5 Å². The van der Waals surface area contributed by atoms with Crippen LogP contribution >= 0.6 is 0 Å². The van der Waals surface area contributed by atoms with Crippen LogP contribution in [0.1, 0.15) is 25.3 Å². The van der Waals surface area contributed by atoms with E-state index in [9.17, 15) is 9.59 Å². The van der Waals surface area contributed by atoms with Crippen LogP contribution in [0, 0.1) is 5.92 Å². The summed E-state index contributed by atoms with van der Waals surface area (Å²) in [4.78, 5) is 22.3. The molecule has 0 aliphatic heterocycles. The highest BCUT2D eigenvalue weighted by Crippen LogP contribution is 2.26. The molecule has 1 fully saturated rings. The molecule has 0 bridgehead atoms. The summed E-state index contributed by atoms with van der Waals surface area (Å²) in [6, 6.07) is 6.91. The summed E-state index contributed by atoms with van der Waals surface area (Å²) in [5.74, 6) is -0.200. The number of hydrogen-bond acceptors (Lipinski definition) is 2. The van der Waals surface area contributed by atoms with Crippen molar-refractivity contribution in [2.75, 3.05) is 5.32 Å². The van der Waals surface area contributed by atoms with Gasteiger partial charge in [-0.3, -0.25) is 4.79 Å². The van der Waals surface area contributed by atoms with Gasteiger partial charge in [0.25, 0.3) is 0 Å². The molecule has 5 heteroatoms. The van der Waals surface area contributed by atoms with E-state index in [0.29, 0.717) is 17.2 Å². The van der Waals surface area contributed by atoms with Gasteiger partial charge in [-0.1, -0.05) is 19.1 Å². The SMILES string of the molecule is CC1CC(NC(=O)Nc2cccc(CC(=O)O)c2)C1. The number of amides is 2. The first-order valence-electron chi connectivity index (χ1n) is 6.41. The highest BCUT2D eigenvalue weighted by atomic mass is 16.4. The molecule has 19 heavy (non-hydrogen) atoms. The molecule has 0 unspecified atom stereocenters. The molecular formula is C14H18N2O3. The number of nitrogens with one attached hydrogen (secondary N) is 2. The van der Waals surface area contributed by atoms with Gasteiger partial charge in [-0.15, -0.1) is 0 Å². The lowest BCUT2D eigenvalue weighted by molar-refractivity contribution is -0.136. The molecule has 1 aliphatic rings. The number of carbonyl (C=O) groups is 2. The van der Waals surface area contributed by atoms with E-state index in [1.807, 2.05) is 0 Å². The molecule has 0 heterocycles. The summed E-state index contributed by atoms with van der Waals surface area (Å²) >= 11 is 0. The number of urea groups is 1. The number of rotatable bonds is 4. The molecule has 0 saturated heterocycles. The average molecular weight is 262 g/mol. The van der Waals surface area contributed by atoms with E-state index in [4.69, 9.17) is 5.11 Å². The van der Waals surface area contributed by atoms with E-state index in [-0.39, 0.29) is 18.5 Å². The summed E-state index contributed by atoms with van der Waals surface area (Å²) in [7, 11) is 0. The Balaban J connectivity index is 1.87. The monoisotopic (exact) mass is 262 g/mol. The van der Waals surface area contributed by atoms with Crippen LogP contribution in [0.3, 0.4) is 0 Å². The first kappa shape index (κ1) is 13.4. The van der Waals surface area contributed by atoms with Crippen molar-refractivity contribution in [1.82, 2.24) is 5.32 Å². The van der Waals surface area contributed by atoms with Crippen LogP contribution in [0.5, 0.6) is 0 Å². The molecular weight excluding hydrogens is 244 g/mol. The fraction of sp³-hybridized carbons (Fsp3) is 0.429. The molecule has 2 amide bonds. The topological polar surface area (TPSA) is 78.4 Å². The fourth-order valence-electron chi connectivity index (χ4n) is 2.31. The maximum Gasteiger partial charge on any atom is 0.319 e. The lowest BCUT2D eigenvalue weighted by atomic mass is 9.82. The van der Waals surface area contributed by atoms with Gasteiger partial charge < -0.3 is 15.7 Å². The number of hydrogen-bond donors (Lipinski definition) is 3. The van der Waals surface area contributed by atoms with E-state index in [2.05, 4.69) is 17.6 Å². The average Bonchev–Trinajstić information content (AvgIpc) is 2.26. The third-order valence-corrected chi connectivity index (χ3v) is 3.25. The van der Waals surface area contributed by atoms with Crippen LogP contribution in [0.15, 0.2) is 24.3 Å². The van der Waals surface area contributed by atoms with Crippen molar-refractivity contribution in [3.05, 3.63) is 29.8 Å². The molecule has 0 atom stereocenters. The minimum atomic E-state index is -0.884. The van der Waals surface area contributed by atoms with Gasteiger partial charge in [-0.25, -0.2) is 4.79 Å². The Bertz CT molecular complexity index is 481. The van der Waals surface area contributed by atoms with Crippen molar-refractivity contribution in [3.63, 3.8) is 0 Å². The normalized spacial score (nSPS) is 21.3. The van der Waals surface area contributed by atoms with Crippen molar-refractivity contribution < 1.29 is 14.7 Å². The van der Waals surface area contributed by atoms with Crippen molar-refractivity contribution in [1.29, 1.82) is 0 Å². The minimum Gasteiger partial charge on any atom is -0.481 e. The number of carboxylic acids is 1. The van der Waals surface area contributed by atoms with Crippen LogP contribution in [0.4, 0.5) is 10.5 Å². The quantitative estimate of drug-likeness (QED) is 0.778. The molecule has 1 aromatic rings. The Labute approximate surface area is 112 Å². The van der Waals surface area contributed by atoms with Crippen molar-refractivity contribution >= 4 is 17.7 Å². The Kier molecular flexibility index (Phi) is 4.04. The highest BCUT2D eigenvalue weighted by Gasteiger charge is 2.26. The first-order chi connectivity index (χ1) is 9.02. The fourth-order valence-corrected chi connectivity index (χ4v) is 2.31. The van der Waals surface area contributed by atoms with E-state index in [0.717, 1.165) is 12.8 Å². The third-order valence-electron chi connectivity index (χ3n) is 3.25. The molecule has 2 rings (SSSR count). The predicted molar refractivity (Wildman–Crippen MR) is 72.1 cm³/mol. The second kappa shape index (κ2) is 5.73. The molecule has 0 radical (unpaired) electrons. The second-order valence-corrected chi connectivity index (χ2v) is 5.14. The van der Waals surface area contributed by atoms with E-state index in [1.165, 1.54) is 0 Å². The number of anilines is 1. The molecule has 1 saturated carbocycles. The van der Waals surface area contributed by atoms with Crippen molar-refractivity contribution in [3.8, 4) is 0 Å². The lowest BCUT2D eigenvalue weighted by Crippen LogP contribution is -2.45. The molecule has 1 aliphatic carbocycles. The molecule has 3 N–H and O–H groups in total. The number of aliphatic carboxylic acids is 1. The van der Waals surface area contributed by atoms with Crippen LogP contribution in [-0.2, 0) is 11.2 Å². The van der Waals surface area contributed by atoms with Crippen molar-refractivity contribution in [2.45, 2.75) is 32.2 Å². The minimum absolute atomic E-state index is 0.0444. The Hall–Kier alpha value is -2.04. The zero-order valence-electron chi connectivity index (χ0n) is 10.8. The van der Waals surface area contributed by atoms with Gasteiger partial charge in [0.2, 0.25) is 0 Å². The zero-order chi connectivity index (χ0) is 13.8. The van der Waals surface area contributed by atoms with Gasteiger partial charge in [0, 0.05) is 11.7 Å². The Morgan fingerprint density at radius 2 is 2.11 bits per heavy atom. The summed E-state index contributed by atoms with van der Waals surface area (Å²) < 4.78 is 0.